The van der Waals surface area contributed by atoms with E-state index in [0.717, 1.165) is 69.2 Å². The largest absolute Gasteiger partial charge is 0.347 e. The van der Waals surface area contributed by atoms with E-state index in [0.29, 0.717) is 0 Å². The highest BCUT2D eigenvalue weighted by Gasteiger charge is 2.51. The van der Waals surface area contributed by atoms with Crippen LogP contribution in [0.25, 0.3) is 22.2 Å². The van der Waals surface area contributed by atoms with Gasteiger partial charge in [-0.3, -0.25) is 4.79 Å². The van der Waals surface area contributed by atoms with Gasteiger partial charge < -0.3 is 5.32 Å². The minimum absolute atomic E-state index is 0.00610. The van der Waals surface area contributed by atoms with Crippen LogP contribution < -0.4 is 5.32 Å². The van der Waals surface area contributed by atoms with Crippen molar-refractivity contribution in [1.29, 1.82) is 0 Å². The predicted molar refractivity (Wildman–Crippen MR) is 123 cm³/mol. The van der Waals surface area contributed by atoms with E-state index in [1.54, 1.807) is 0 Å². The maximum absolute atomic E-state index is 13.6. The molecule has 0 unspecified atom stereocenters. The zero-order valence-corrected chi connectivity index (χ0v) is 18.5. The highest BCUT2D eigenvalue weighted by atomic mass is 79.9. The monoisotopic (exact) mass is 460 g/mol. The molecule has 3 aromatic rings. The summed E-state index contributed by atoms with van der Waals surface area (Å²) in [6, 6.07) is 18.1. The summed E-state index contributed by atoms with van der Waals surface area (Å²) in [6.45, 7) is 0. The van der Waals surface area contributed by atoms with Gasteiger partial charge in [0.25, 0.3) is 5.91 Å². The zero-order valence-electron chi connectivity index (χ0n) is 16.9. The molecule has 0 radical (unpaired) electrons. The maximum Gasteiger partial charge on any atom is 0.252 e. The first-order valence-electron chi connectivity index (χ1n) is 11.1. The van der Waals surface area contributed by atoms with Gasteiger partial charge in [-0.2, -0.15) is 0 Å². The molecule has 4 saturated carbocycles. The van der Waals surface area contributed by atoms with Crippen molar-refractivity contribution in [2.45, 2.75) is 44.1 Å². The van der Waals surface area contributed by atoms with Crippen LogP contribution >= 0.6 is 15.9 Å². The van der Waals surface area contributed by atoms with Crippen molar-refractivity contribution in [2.24, 2.45) is 17.8 Å². The third-order valence-corrected chi connectivity index (χ3v) is 7.99. The van der Waals surface area contributed by atoms with Gasteiger partial charge >= 0.3 is 0 Å². The number of rotatable bonds is 3. The minimum atomic E-state index is 0.00610. The normalized spacial score (nSPS) is 29.3. The molecule has 30 heavy (non-hydrogen) atoms. The lowest BCUT2D eigenvalue weighted by Gasteiger charge is -2.56. The number of para-hydroxylation sites is 1. The van der Waals surface area contributed by atoms with Crippen LogP contribution in [0, 0.1) is 17.8 Å². The molecule has 152 valence electrons. The smallest absolute Gasteiger partial charge is 0.252 e. The molecule has 4 heteroatoms. The molecule has 0 spiro atoms. The number of pyridine rings is 1. The Morgan fingerprint density at radius 3 is 2.33 bits per heavy atom. The molecule has 0 saturated heterocycles. The van der Waals surface area contributed by atoms with Gasteiger partial charge in [0, 0.05) is 21.0 Å². The van der Waals surface area contributed by atoms with Gasteiger partial charge in [-0.05, 0) is 80.5 Å². The van der Waals surface area contributed by atoms with Crippen LogP contribution in [0.15, 0.2) is 59.1 Å². The molecule has 0 atom stereocenters. The highest BCUT2D eigenvalue weighted by molar-refractivity contribution is 9.10. The number of fused-ring (bicyclic) bond motifs is 1. The highest BCUT2D eigenvalue weighted by Crippen LogP contribution is 2.55. The Bertz CT molecular complexity index is 1120. The van der Waals surface area contributed by atoms with Crippen molar-refractivity contribution in [2.75, 3.05) is 0 Å². The summed E-state index contributed by atoms with van der Waals surface area (Å²) in [4.78, 5) is 18.5. The molecule has 2 aromatic carbocycles. The first-order valence-corrected chi connectivity index (χ1v) is 11.8. The van der Waals surface area contributed by atoms with Gasteiger partial charge in [-0.15, -0.1) is 0 Å². The topological polar surface area (TPSA) is 42.0 Å². The van der Waals surface area contributed by atoms with E-state index in [1.165, 1.54) is 19.3 Å². The lowest BCUT2D eigenvalue weighted by Crippen LogP contribution is -2.59. The van der Waals surface area contributed by atoms with Crippen LogP contribution in [0.2, 0.25) is 0 Å². The SMILES string of the molecule is O=C(NC12CC3CC(CC(C3)C1)C2)c1cc(-c2cccc(Br)c2)nc2ccccc12. The van der Waals surface area contributed by atoms with Crippen molar-refractivity contribution in [3.8, 4) is 11.3 Å². The third kappa shape index (κ3) is 3.17. The summed E-state index contributed by atoms with van der Waals surface area (Å²) in [5, 5.41) is 4.48. The predicted octanol–water partition coefficient (Wildman–Crippen LogP) is 6.36. The van der Waals surface area contributed by atoms with E-state index in [1.807, 2.05) is 48.5 Å². The van der Waals surface area contributed by atoms with Gasteiger partial charge in [-0.25, -0.2) is 4.98 Å². The lowest BCUT2D eigenvalue weighted by molar-refractivity contribution is -0.0166. The first-order chi connectivity index (χ1) is 14.6. The molecule has 4 fully saturated rings. The summed E-state index contributed by atoms with van der Waals surface area (Å²) >= 11 is 3.55. The van der Waals surface area contributed by atoms with Gasteiger partial charge in [-0.1, -0.05) is 46.3 Å². The van der Waals surface area contributed by atoms with E-state index < -0.39 is 0 Å². The molecule has 1 N–H and O–H groups in total. The third-order valence-electron chi connectivity index (χ3n) is 7.50. The number of benzene rings is 2. The summed E-state index contributed by atoms with van der Waals surface area (Å²) in [5.41, 5.74) is 3.47. The van der Waals surface area contributed by atoms with Gasteiger partial charge in [0.2, 0.25) is 0 Å². The van der Waals surface area contributed by atoms with E-state index in [4.69, 9.17) is 4.98 Å². The van der Waals surface area contributed by atoms with Gasteiger partial charge in [0.05, 0.1) is 16.8 Å². The second-order valence-electron chi connectivity index (χ2n) is 9.73. The number of nitrogens with zero attached hydrogens (tertiary/aromatic N) is 1. The summed E-state index contributed by atoms with van der Waals surface area (Å²) in [5.74, 6) is 2.49. The number of carbonyl (C=O) groups is 1. The van der Waals surface area contributed by atoms with Crippen LogP contribution in [0.4, 0.5) is 0 Å². The van der Waals surface area contributed by atoms with Crippen molar-refractivity contribution in [3.05, 3.63) is 64.6 Å². The maximum atomic E-state index is 13.6. The number of carbonyl (C=O) groups excluding carboxylic acids is 1. The van der Waals surface area contributed by atoms with Crippen LogP contribution in [-0.4, -0.2) is 16.4 Å². The van der Waals surface area contributed by atoms with Crippen LogP contribution in [0.3, 0.4) is 0 Å². The van der Waals surface area contributed by atoms with Gasteiger partial charge in [0.15, 0.2) is 0 Å². The molecule has 0 aliphatic heterocycles. The Morgan fingerprint density at radius 1 is 0.933 bits per heavy atom. The fourth-order valence-electron chi connectivity index (χ4n) is 6.73. The molecule has 7 rings (SSSR count). The Labute approximate surface area is 185 Å². The standard InChI is InChI=1S/C26H25BrN2O/c27-20-5-3-4-19(11-20)24-12-22(21-6-1-2-7-23(21)28-24)25(30)29-26-13-16-8-17(14-26)10-18(9-16)15-26/h1-7,11-12,16-18H,8-10,13-15H2,(H,29,30). The number of hydrogen-bond donors (Lipinski definition) is 1. The average Bonchev–Trinajstić information content (AvgIpc) is 2.71. The van der Waals surface area contributed by atoms with E-state index >= 15 is 0 Å². The molecule has 1 heterocycles. The second-order valence-corrected chi connectivity index (χ2v) is 10.7. The minimum Gasteiger partial charge on any atom is -0.347 e. The lowest BCUT2D eigenvalue weighted by atomic mass is 9.53. The number of nitrogens with one attached hydrogen (secondary N) is 1. The van der Waals surface area contributed by atoms with Gasteiger partial charge in [0.1, 0.15) is 0 Å². The number of hydrogen-bond acceptors (Lipinski definition) is 2. The zero-order chi connectivity index (χ0) is 20.3. The molecule has 4 aliphatic rings. The Morgan fingerprint density at radius 2 is 1.63 bits per heavy atom. The first kappa shape index (κ1) is 18.6. The Balaban J connectivity index is 1.40. The summed E-state index contributed by atoms with van der Waals surface area (Å²) in [7, 11) is 0. The molecule has 1 aromatic heterocycles. The number of aromatic nitrogens is 1. The average molecular weight is 461 g/mol. The van der Waals surface area contributed by atoms with Crippen molar-refractivity contribution in [1.82, 2.24) is 10.3 Å². The second kappa shape index (κ2) is 6.91. The van der Waals surface area contributed by atoms with Crippen molar-refractivity contribution in [3.63, 3.8) is 0 Å². The van der Waals surface area contributed by atoms with Crippen LogP contribution in [-0.2, 0) is 0 Å². The number of halogens is 1. The van der Waals surface area contributed by atoms with Crippen LogP contribution in [0.1, 0.15) is 48.9 Å². The van der Waals surface area contributed by atoms with E-state index in [-0.39, 0.29) is 11.4 Å². The van der Waals surface area contributed by atoms with Crippen LogP contribution in [0.5, 0.6) is 0 Å². The molecule has 3 nitrogen and oxygen atoms in total. The molecular formula is C26H25BrN2O. The summed E-state index contributed by atoms with van der Waals surface area (Å²) < 4.78 is 1.01. The molecular weight excluding hydrogens is 436 g/mol. The quantitative estimate of drug-likeness (QED) is 0.493. The van der Waals surface area contributed by atoms with E-state index in [2.05, 4.69) is 27.3 Å². The number of amides is 1. The molecule has 4 bridgehead atoms. The van der Waals surface area contributed by atoms with Crippen molar-refractivity contribution >= 4 is 32.7 Å². The fourth-order valence-corrected chi connectivity index (χ4v) is 7.13. The fraction of sp³-hybridized carbons (Fsp3) is 0.385. The summed E-state index contributed by atoms with van der Waals surface area (Å²) in [6.07, 6.45) is 7.60. The van der Waals surface area contributed by atoms with Crippen molar-refractivity contribution < 1.29 is 4.79 Å². The Kier molecular flexibility index (Phi) is 4.28. The molecule has 1 amide bonds. The molecule has 4 aliphatic carbocycles. The Hall–Kier alpha value is -2.20. The van der Waals surface area contributed by atoms with E-state index in [9.17, 15) is 4.79 Å².